The van der Waals surface area contributed by atoms with Crippen molar-refractivity contribution in [1.29, 1.82) is 0 Å². The Morgan fingerprint density at radius 1 is 1.06 bits per heavy atom. The van der Waals surface area contributed by atoms with E-state index in [4.69, 9.17) is 14.5 Å². The Morgan fingerprint density at radius 2 is 1.74 bits per heavy atom. The molecule has 0 saturated carbocycles. The zero-order chi connectivity index (χ0) is 36.7. The SMILES string of the molecule is CC(=O)O[C@@H]1C(=O)N([C@@H](c2nc(-c3cc(F)ccc3F)cn2Cc2ccccc2)C(C)(C)C(O)CO)C[C@@H]2C1N(C(=O)OC(C)(C)C)C[C@@H]2F. The lowest BCUT2D eigenvalue weighted by Crippen LogP contribution is -2.64. The van der Waals surface area contributed by atoms with Crippen molar-refractivity contribution in [2.24, 2.45) is 11.3 Å². The number of likely N-dealkylation sites (tertiary alicyclic amines) is 2. The van der Waals surface area contributed by atoms with Crippen LogP contribution in [0.5, 0.6) is 0 Å². The molecule has 0 bridgehead atoms. The summed E-state index contributed by atoms with van der Waals surface area (Å²) in [5.41, 5.74) is -1.72. The summed E-state index contributed by atoms with van der Waals surface area (Å²) in [6.07, 6.45) is -4.19. The molecule has 5 rings (SSSR count). The van der Waals surface area contributed by atoms with Crippen LogP contribution in [0.2, 0.25) is 0 Å². The van der Waals surface area contributed by atoms with Crippen molar-refractivity contribution in [1.82, 2.24) is 19.4 Å². The van der Waals surface area contributed by atoms with Gasteiger partial charge in [-0.15, -0.1) is 0 Å². The minimum Gasteiger partial charge on any atom is -0.450 e. The van der Waals surface area contributed by atoms with E-state index in [2.05, 4.69) is 0 Å². The third-order valence-electron chi connectivity index (χ3n) is 9.30. The lowest BCUT2D eigenvalue weighted by molar-refractivity contribution is -0.175. The summed E-state index contributed by atoms with van der Waals surface area (Å²) < 4.78 is 58.3. The predicted molar refractivity (Wildman–Crippen MR) is 175 cm³/mol. The van der Waals surface area contributed by atoms with Gasteiger partial charge in [0, 0.05) is 43.1 Å². The smallest absolute Gasteiger partial charge is 0.410 e. The number of amides is 2. The van der Waals surface area contributed by atoms with Crippen LogP contribution in [0.3, 0.4) is 0 Å². The number of hydrogen-bond acceptors (Lipinski definition) is 8. The number of hydrogen-bond donors (Lipinski definition) is 2. The van der Waals surface area contributed by atoms with Gasteiger partial charge in [-0.2, -0.15) is 0 Å². The number of piperidine rings is 1. The molecule has 0 spiro atoms. The Labute approximate surface area is 288 Å². The number of imidazole rings is 1. The van der Waals surface area contributed by atoms with E-state index in [0.717, 1.165) is 35.6 Å². The largest absolute Gasteiger partial charge is 0.450 e. The maximum atomic E-state index is 16.1. The predicted octanol–water partition coefficient (Wildman–Crippen LogP) is 4.64. The fourth-order valence-corrected chi connectivity index (χ4v) is 6.85. The number of benzene rings is 2. The quantitative estimate of drug-likeness (QED) is 0.309. The van der Waals surface area contributed by atoms with Crippen LogP contribution in [0, 0.1) is 23.0 Å². The van der Waals surface area contributed by atoms with Crippen LogP contribution in [0.15, 0.2) is 54.7 Å². The lowest BCUT2D eigenvalue weighted by atomic mass is 9.75. The number of aliphatic hydroxyl groups is 2. The molecule has 1 aromatic heterocycles. The van der Waals surface area contributed by atoms with Crippen LogP contribution in [0.25, 0.3) is 11.3 Å². The highest BCUT2D eigenvalue weighted by Crippen LogP contribution is 2.46. The summed E-state index contributed by atoms with van der Waals surface area (Å²) in [4.78, 5) is 47.4. The number of fused-ring (bicyclic) bond motifs is 1. The first-order chi connectivity index (χ1) is 23.4. The Morgan fingerprint density at radius 3 is 2.36 bits per heavy atom. The minimum absolute atomic E-state index is 0.0198. The summed E-state index contributed by atoms with van der Waals surface area (Å²) in [6, 6.07) is 9.57. The normalized spacial score (nSPS) is 22.3. The molecule has 2 N–H and O–H groups in total. The topological polar surface area (TPSA) is 134 Å². The molecule has 2 aliphatic heterocycles. The van der Waals surface area contributed by atoms with Crippen molar-refractivity contribution in [2.75, 3.05) is 19.7 Å². The first-order valence-electron chi connectivity index (χ1n) is 16.4. The summed E-state index contributed by atoms with van der Waals surface area (Å²) in [7, 11) is 0. The van der Waals surface area contributed by atoms with Gasteiger partial charge in [0.2, 0.25) is 6.10 Å². The fourth-order valence-electron chi connectivity index (χ4n) is 6.85. The average molecular weight is 701 g/mol. The summed E-state index contributed by atoms with van der Waals surface area (Å²) in [5, 5.41) is 21.4. The maximum absolute atomic E-state index is 16.1. The van der Waals surface area contributed by atoms with Crippen LogP contribution in [-0.4, -0.2) is 97.3 Å². The van der Waals surface area contributed by atoms with Gasteiger partial charge in [0.1, 0.15) is 29.2 Å². The summed E-state index contributed by atoms with van der Waals surface area (Å²) in [5.74, 6) is -4.08. The number of aromatic nitrogens is 2. The van der Waals surface area contributed by atoms with E-state index >= 15 is 8.78 Å². The van der Waals surface area contributed by atoms with Gasteiger partial charge in [-0.3, -0.25) is 14.5 Å². The number of carbonyl (C=O) groups is 3. The van der Waals surface area contributed by atoms with Gasteiger partial charge in [-0.25, -0.2) is 22.9 Å². The second-order valence-electron chi connectivity index (χ2n) is 14.5. The van der Waals surface area contributed by atoms with E-state index in [9.17, 15) is 29.0 Å². The van der Waals surface area contributed by atoms with Crippen molar-refractivity contribution >= 4 is 18.0 Å². The minimum atomic E-state index is -1.67. The number of carbonyl (C=O) groups excluding carboxylic acids is 3. The number of halogens is 3. The monoisotopic (exact) mass is 700 g/mol. The molecule has 0 aliphatic carbocycles. The van der Waals surface area contributed by atoms with Crippen molar-refractivity contribution in [3.63, 3.8) is 0 Å². The Kier molecular flexibility index (Phi) is 10.4. The van der Waals surface area contributed by atoms with Crippen molar-refractivity contribution in [3.05, 3.63) is 77.8 Å². The van der Waals surface area contributed by atoms with E-state index in [0.29, 0.717) is 0 Å². The Bertz CT molecular complexity index is 1730. The van der Waals surface area contributed by atoms with Gasteiger partial charge >= 0.3 is 12.1 Å². The third kappa shape index (κ3) is 7.36. The number of alkyl halides is 1. The van der Waals surface area contributed by atoms with E-state index in [-0.39, 0.29) is 30.2 Å². The molecule has 3 aromatic rings. The number of esters is 1. The highest BCUT2D eigenvalue weighted by Gasteiger charge is 2.60. The van der Waals surface area contributed by atoms with Gasteiger partial charge in [0.05, 0.1) is 37.0 Å². The fraction of sp³-hybridized carbons (Fsp3) is 0.500. The molecular formula is C36H43F3N4O7. The Hall–Kier alpha value is -4.43. The van der Waals surface area contributed by atoms with Gasteiger partial charge < -0.3 is 29.2 Å². The molecule has 6 atom stereocenters. The number of nitrogens with zero attached hydrogens (tertiary/aromatic N) is 4. The molecular weight excluding hydrogens is 657 g/mol. The van der Waals surface area contributed by atoms with Crippen molar-refractivity contribution in [3.8, 4) is 11.3 Å². The molecule has 270 valence electrons. The Balaban J connectivity index is 1.69. The molecule has 2 aliphatic rings. The van der Waals surface area contributed by atoms with E-state index in [1.54, 1.807) is 39.2 Å². The van der Waals surface area contributed by atoms with Gasteiger partial charge in [0.15, 0.2) is 0 Å². The van der Waals surface area contributed by atoms with Gasteiger partial charge in [0.25, 0.3) is 5.91 Å². The van der Waals surface area contributed by atoms with Crippen LogP contribution < -0.4 is 0 Å². The molecule has 0 radical (unpaired) electrons. The van der Waals surface area contributed by atoms with Crippen LogP contribution in [0.1, 0.15) is 59.0 Å². The van der Waals surface area contributed by atoms with E-state index < -0.39 is 90.2 Å². The highest BCUT2D eigenvalue weighted by molar-refractivity contribution is 5.87. The summed E-state index contributed by atoms with van der Waals surface area (Å²) in [6.45, 7) is 7.85. The highest BCUT2D eigenvalue weighted by atomic mass is 19.1. The molecule has 2 fully saturated rings. The maximum Gasteiger partial charge on any atom is 0.410 e. The first kappa shape index (κ1) is 36.8. The molecule has 14 heteroatoms. The number of rotatable bonds is 9. The van der Waals surface area contributed by atoms with Crippen LogP contribution in [0.4, 0.5) is 18.0 Å². The molecule has 2 saturated heterocycles. The first-order valence-corrected chi connectivity index (χ1v) is 16.4. The second-order valence-corrected chi connectivity index (χ2v) is 14.5. The van der Waals surface area contributed by atoms with Crippen LogP contribution in [-0.2, 0) is 25.6 Å². The van der Waals surface area contributed by atoms with Gasteiger partial charge in [-0.1, -0.05) is 44.2 Å². The average Bonchev–Trinajstić information content (AvgIpc) is 3.59. The second kappa shape index (κ2) is 14.1. The zero-order valence-electron chi connectivity index (χ0n) is 28.8. The van der Waals surface area contributed by atoms with Crippen molar-refractivity contribution < 1.29 is 47.2 Å². The number of aliphatic hydroxyl groups excluding tert-OH is 2. The van der Waals surface area contributed by atoms with E-state index in [1.165, 1.54) is 11.1 Å². The molecule has 11 nitrogen and oxygen atoms in total. The van der Waals surface area contributed by atoms with Gasteiger partial charge in [-0.05, 0) is 44.5 Å². The molecule has 50 heavy (non-hydrogen) atoms. The van der Waals surface area contributed by atoms with Crippen LogP contribution >= 0.6 is 0 Å². The molecule has 3 heterocycles. The summed E-state index contributed by atoms with van der Waals surface area (Å²) >= 11 is 0. The lowest BCUT2D eigenvalue weighted by Gasteiger charge is -2.49. The molecule has 2 unspecified atom stereocenters. The standard InChI is InChI=1S/C36H43F3N4O7/c1-20(45)49-30-29-24(26(39)17-42(29)34(48)50-35(2,3)4)16-43(33(30)47)31(36(5,6)28(46)19-44)32-40-27(23-14-22(37)12-13-25(23)38)18-41(32)15-21-10-8-7-9-11-21/h7-14,18,24,26,28-31,44,46H,15-17,19H2,1-6H3/t24-,26-,28?,29?,30-,31-/m0/s1. The molecule has 2 amide bonds. The third-order valence-corrected chi connectivity index (χ3v) is 9.30. The zero-order valence-corrected chi connectivity index (χ0v) is 28.8. The van der Waals surface area contributed by atoms with E-state index in [1.807, 2.05) is 30.3 Å². The molecule has 2 aromatic carbocycles. The van der Waals surface area contributed by atoms with Crippen molar-refractivity contribution in [2.45, 2.75) is 84.2 Å². The number of ether oxygens (including phenoxy) is 2.